The Morgan fingerprint density at radius 3 is 2.81 bits per heavy atom. The van der Waals surface area contributed by atoms with Crippen molar-refractivity contribution in [2.24, 2.45) is 0 Å². The number of benzene rings is 2. The van der Waals surface area contributed by atoms with Crippen molar-refractivity contribution in [3.8, 4) is 0 Å². The first-order valence-corrected chi connectivity index (χ1v) is 8.89. The lowest BCUT2D eigenvalue weighted by Gasteiger charge is -2.29. The van der Waals surface area contributed by atoms with Crippen molar-refractivity contribution >= 4 is 29.1 Å². The first-order chi connectivity index (χ1) is 13.3. The maximum Gasteiger partial charge on any atom is 0.339 e. The molecule has 0 spiro atoms. The molecule has 6 nitrogen and oxygen atoms in total. The van der Waals surface area contributed by atoms with Crippen molar-refractivity contribution in [2.75, 3.05) is 23.9 Å². The van der Waals surface area contributed by atoms with Crippen LogP contribution in [0.15, 0.2) is 60.8 Å². The van der Waals surface area contributed by atoms with E-state index in [1.54, 1.807) is 24.4 Å². The number of aromatic nitrogens is 2. The zero-order chi connectivity index (χ0) is 18.6. The predicted octanol–water partition coefficient (Wildman–Crippen LogP) is 4.09. The monoisotopic (exact) mass is 360 g/mol. The van der Waals surface area contributed by atoms with E-state index in [4.69, 9.17) is 4.74 Å². The lowest BCUT2D eigenvalue weighted by atomic mass is 10.0. The van der Waals surface area contributed by atoms with E-state index in [2.05, 4.69) is 38.4 Å². The average molecular weight is 360 g/mol. The van der Waals surface area contributed by atoms with Crippen LogP contribution >= 0.6 is 0 Å². The Kier molecular flexibility index (Phi) is 4.70. The number of esters is 1. The Hall–Kier alpha value is -3.41. The lowest BCUT2D eigenvalue weighted by Crippen LogP contribution is -2.26. The number of aryl methyl sites for hydroxylation is 1. The fourth-order valence-electron chi connectivity index (χ4n) is 3.31. The minimum absolute atomic E-state index is 0.391. The molecule has 0 bridgehead atoms. The van der Waals surface area contributed by atoms with Gasteiger partial charge in [-0.05, 0) is 42.7 Å². The van der Waals surface area contributed by atoms with Crippen LogP contribution in [-0.2, 0) is 11.2 Å². The SMILES string of the molecule is COC(=O)c1ccccc1Nc1ccnc(N2CCCc3ccccc32)n1. The highest BCUT2D eigenvalue weighted by molar-refractivity contribution is 5.96. The third-order valence-corrected chi connectivity index (χ3v) is 4.59. The highest BCUT2D eigenvalue weighted by Crippen LogP contribution is 2.32. The third-order valence-electron chi connectivity index (χ3n) is 4.59. The number of methoxy groups -OCH3 is 1. The summed E-state index contributed by atoms with van der Waals surface area (Å²) >= 11 is 0. The predicted molar refractivity (Wildman–Crippen MR) is 105 cm³/mol. The molecule has 2 aromatic carbocycles. The van der Waals surface area contributed by atoms with Crippen LogP contribution in [0.5, 0.6) is 0 Å². The molecule has 1 aliphatic rings. The van der Waals surface area contributed by atoms with Gasteiger partial charge in [-0.1, -0.05) is 30.3 Å². The molecule has 27 heavy (non-hydrogen) atoms. The van der Waals surface area contributed by atoms with E-state index < -0.39 is 5.97 Å². The zero-order valence-electron chi connectivity index (χ0n) is 15.1. The van der Waals surface area contributed by atoms with Crippen LogP contribution in [0, 0.1) is 0 Å². The molecule has 0 unspecified atom stereocenters. The Balaban J connectivity index is 1.65. The minimum Gasteiger partial charge on any atom is -0.465 e. The van der Waals surface area contributed by atoms with Crippen LogP contribution in [0.3, 0.4) is 0 Å². The molecule has 6 heteroatoms. The maximum absolute atomic E-state index is 12.0. The second kappa shape index (κ2) is 7.45. The molecule has 0 saturated heterocycles. The van der Waals surface area contributed by atoms with E-state index in [9.17, 15) is 4.79 Å². The van der Waals surface area contributed by atoms with Gasteiger partial charge in [0, 0.05) is 18.4 Å². The van der Waals surface area contributed by atoms with Crippen LogP contribution in [0.4, 0.5) is 23.1 Å². The first kappa shape index (κ1) is 17.0. The van der Waals surface area contributed by atoms with E-state index in [1.807, 2.05) is 18.2 Å². The number of carbonyl (C=O) groups excluding carboxylic acids is 1. The van der Waals surface area contributed by atoms with E-state index >= 15 is 0 Å². The van der Waals surface area contributed by atoms with Crippen LogP contribution in [0.25, 0.3) is 0 Å². The number of para-hydroxylation sites is 2. The Bertz CT molecular complexity index is 974. The number of nitrogens with zero attached hydrogens (tertiary/aromatic N) is 3. The molecule has 0 radical (unpaired) electrons. The smallest absolute Gasteiger partial charge is 0.339 e. The normalized spacial score (nSPS) is 13.0. The minimum atomic E-state index is -0.391. The molecule has 0 aliphatic carbocycles. The Morgan fingerprint density at radius 2 is 1.93 bits per heavy atom. The average Bonchev–Trinajstić information content (AvgIpc) is 2.73. The summed E-state index contributed by atoms with van der Waals surface area (Å²) in [6.07, 6.45) is 3.85. The molecule has 3 aromatic rings. The summed E-state index contributed by atoms with van der Waals surface area (Å²) in [5, 5.41) is 3.21. The maximum atomic E-state index is 12.0. The fraction of sp³-hybridized carbons (Fsp3) is 0.190. The highest BCUT2D eigenvalue weighted by Gasteiger charge is 2.20. The Labute approximate surface area is 157 Å². The molecule has 0 saturated carbocycles. The van der Waals surface area contributed by atoms with Gasteiger partial charge in [-0.15, -0.1) is 0 Å². The van der Waals surface area contributed by atoms with Gasteiger partial charge in [0.25, 0.3) is 0 Å². The van der Waals surface area contributed by atoms with Gasteiger partial charge < -0.3 is 15.0 Å². The van der Waals surface area contributed by atoms with Gasteiger partial charge in [0.15, 0.2) is 0 Å². The van der Waals surface area contributed by atoms with E-state index in [0.717, 1.165) is 25.1 Å². The van der Waals surface area contributed by atoms with Crippen molar-refractivity contribution in [1.29, 1.82) is 0 Å². The summed E-state index contributed by atoms with van der Waals surface area (Å²) in [7, 11) is 1.37. The number of anilines is 4. The molecular formula is C21H20N4O2. The van der Waals surface area contributed by atoms with Crippen molar-refractivity contribution < 1.29 is 9.53 Å². The first-order valence-electron chi connectivity index (χ1n) is 8.89. The van der Waals surface area contributed by atoms with E-state index in [0.29, 0.717) is 23.0 Å². The van der Waals surface area contributed by atoms with Crippen LogP contribution in [-0.4, -0.2) is 29.6 Å². The molecule has 0 amide bonds. The lowest BCUT2D eigenvalue weighted by molar-refractivity contribution is 0.0602. The molecule has 1 aliphatic heterocycles. The number of hydrogen-bond donors (Lipinski definition) is 1. The van der Waals surface area contributed by atoms with Gasteiger partial charge >= 0.3 is 5.97 Å². The van der Waals surface area contributed by atoms with Gasteiger partial charge in [0.2, 0.25) is 5.95 Å². The summed E-state index contributed by atoms with van der Waals surface area (Å²) in [4.78, 5) is 23.2. The van der Waals surface area contributed by atoms with Crippen molar-refractivity contribution in [2.45, 2.75) is 12.8 Å². The van der Waals surface area contributed by atoms with E-state index in [1.165, 1.54) is 12.7 Å². The number of nitrogens with one attached hydrogen (secondary N) is 1. The van der Waals surface area contributed by atoms with Gasteiger partial charge in [0.05, 0.1) is 18.4 Å². The standard InChI is InChI=1S/C21H20N4O2/c1-27-20(26)16-9-3-4-10-17(16)23-19-12-13-22-21(24-19)25-14-6-8-15-7-2-5-11-18(15)25/h2-5,7,9-13H,6,8,14H2,1H3,(H,22,23,24). The van der Waals surface area contributed by atoms with E-state index in [-0.39, 0.29) is 0 Å². The molecule has 0 atom stereocenters. The van der Waals surface area contributed by atoms with Crippen molar-refractivity contribution in [3.05, 3.63) is 71.9 Å². The number of ether oxygens (including phenoxy) is 1. The largest absolute Gasteiger partial charge is 0.465 e. The quantitative estimate of drug-likeness (QED) is 0.707. The molecule has 4 rings (SSSR count). The summed E-state index contributed by atoms with van der Waals surface area (Å²) < 4.78 is 4.85. The second-order valence-corrected chi connectivity index (χ2v) is 6.29. The Morgan fingerprint density at radius 1 is 1.11 bits per heavy atom. The molecular weight excluding hydrogens is 340 g/mol. The van der Waals surface area contributed by atoms with Gasteiger partial charge in [-0.2, -0.15) is 4.98 Å². The van der Waals surface area contributed by atoms with Gasteiger partial charge in [0.1, 0.15) is 5.82 Å². The molecule has 2 heterocycles. The number of rotatable bonds is 4. The number of carbonyl (C=O) groups is 1. The molecule has 1 N–H and O–H groups in total. The fourth-order valence-corrected chi connectivity index (χ4v) is 3.31. The topological polar surface area (TPSA) is 67.3 Å². The number of fused-ring (bicyclic) bond motifs is 1. The number of hydrogen-bond acceptors (Lipinski definition) is 6. The van der Waals surface area contributed by atoms with Crippen LogP contribution in [0.2, 0.25) is 0 Å². The van der Waals surface area contributed by atoms with Gasteiger partial charge in [-0.25, -0.2) is 9.78 Å². The van der Waals surface area contributed by atoms with Crippen LogP contribution in [0.1, 0.15) is 22.3 Å². The van der Waals surface area contributed by atoms with Crippen molar-refractivity contribution in [1.82, 2.24) is 9.97 Å². The summed E-state index contributed by atoms with van der Waals surface area (Å²) in [6.45, 7) is 0.874. The molecule has 136 valence electrons. The molecule has 1 aromatic heterocycles. The molecule has 0 fully saturated rings. The van der Waals surface area contributed by atoms with Crippen molar-refractivity contribution in [3.63, 3.8) is 0 Å². The summed E-state index contributed by atoms with van der Waals surface area (Å²) in [5.41, 5.74) is 3.56. The third kappa shape index (κ3) is 3.46. The second-order valence-electron chi connectivity index (χ2n) is 6.29. The summed E-state index contributed by atoms with van der Waals surface area (Å²) in [6, 6.07) is 17.3. The summed E-state index contributed by atoms with van der Waals surface area (Å²) in [5.74, 6) is 0.874. The highest BCUT2D eigenvalue weighted by atomic mass is 16.5. The van der Waals surface area contributed by atoms with Gasteiger partial charge in [-0.3, -0.25) is 0 Å². The zero-order valence-corrected chi connectivity index (χ0v) is 15.1. The van der Waals surface area contributed by atoms with Crippen LogP contribution < -0.4 is 10.2 Å².